The Morgan fingerprint density at radius 2 is 1.45 bits per heavy atom. The Labute approximate surface area is 265 Å². The van der Waals surface area contributed by atoms with Gasteiger partial charge in [-0.3, -0.25) is 0 Å². The summed E-state index contributed by atoms with van der Waals surface area (Å²) < 4.78 is 8.03. The third-order valence-corrected chi connectivity index (χ3v) is 11.7. The van der Waals surface area contributed by atoms with Gasteiger partial charge in [0, 0.05) is 82.1 Å². The van der Waals surface area contributed by atoms with Crippen LogP contribution in [0.2, 0.25) is 0 Å². The molecule has 0 amide bonds. The Morgan fingerprint density at radius 3 is 2.19 bits per heavy atom. The summed E-state index contributed by atoms with van der Waals surface area (Å²) in [6, 6.07) is 18.6. The normalized spacial score (nSPS) is 25.0. The highest BCUT2D eigenvalue weighted by Gasteiger charge is 2.27. The molecule has 5 nitrogen and oxygen atoms in total. The van der Waals surface area contributed by atoms with Crippen molar-refractivity contribution in [3.05, 3.63) is 59.7 Å². The van der Waals surface area contributed by atoms with Gasteiger partial charge in [0.25, 0.3) is 0 Å². The minimum absolute atomic E-state index is 0.455. The highest BCUT2D eigenvalue weighted by molar-refractivity contribution is 7.97. The van der Waals surface area contributed by atoms with E-state index >= 15 is 0 Å². The van der Waals surface area contributed by atoms with Crippen LogP contribution in [0.4, 0.5) is 5.69 Å². The molecule has 0 N–H and O–H groups in total. The third-order valence-electron chi connectivity index (χ3n) is 9.38. The Kier molecular flexibility index (Phi) is 12.4. The van der Waals surface area contributed by atoms with Crippen molar-refractivity contribution in [1.82, 2.24) is 17.8 Å². The zero-order valence-corrected chi connectivity index (χ0v) is 28.4. The molecular weight excluding hydrogens is 555 g/mol. The lowest BCUT2D eigenvalue weighted by molar-refractivity contribution is 0.183. The predicted octanol–water partition coefficient (Wildman–Crippen LogP) is 7.86. The van der Waals surface area contributed by atoms with Gasteiger partial charge >= 0.3 is 0 Å². The van der Waals surface area contributed by atoms with Crippen LogP contribution >= 0.6 is 24.1 Å². The summed E-state index contributed by atoms with van der Waals surface area (Å²) in [5, 5.41) is 0. The monoisotopic (exact) mass is 609 g/mol. The lowest BCUT2D eigenvalue weighted by Crippen LogP contribution is -2.39. The molecule has 232 valence electrons. The molecule has 0 bridgehead atoms. The molecule has 1 saturated carbocycles. The Balaban J connectivity index is 1.27. The number of rotatable bonds is 7. The molecule has 0 aromatic heterocycles. The number of anilines is 1. The zero-order valence-electron chi connectivity index (χ0n) is 26.7. The lowest BCUT2D eigenvalue weighted by atomic mass is 9.89. The van der Waals surface area contributed by atoms with E-state index in [-0.39, 0.29) is 0 Å². The standard InChI is InChI=1S/C35H55N5S2/c1-29-26-38(41-34-18-16-33(17-19-34)36(3)4)23-10-21-37(28-31-12-6-5-7-13-31)22-11-24-39(27-29)42-40-25-20-32-14-8-9-15-35(32)30(40)2/h8-9,14-19,29-31H,5-7,10-13,20-28H2,1-4H3. The molecule has 3 aliphatic rings. The van der Waals surface area contributed by atoms with Crippen LogP contribution in [0.1, 0.15) is 76.0 Å². The van der Waals surface area contributed by atoms with E-state index in [0.717, 1.165) is 38.5 Å². The van der Waals surface area contributed by atoms with E-state index in [1.165, 1.54) is 92.8 Å². The van der Waals surface area contributed by atoms with Gasteiger partial charge in [0.05, 0.1) is 0 Å². The van der Waals surface area contributed by atoms with Crippen molar-refractivity contribution in [1.29, 1.82) is 0 Å². The first-order valence-corrected chi connectivity index (χ1v) is 18.1. The van der Waals surface area contributed by atoms with E-state index in [9.17, 15) is 0 Å². The summed E-state index contributed by atoms with van der Waals surface area (Å²) in [5.41, 5.74) is 4.32. The molecule has 2 aliphatic heterocycles. The molecule has 0 radical (unpaired) electrons. The SMILES string of the molecule is CC1CN(Sc2ccc(N(C)C)cc2)CCCN(CC2CCCCC2)CCCN(SN2CCc3ccccc3C2C)C1. The van der Waals surface area contributed by atoms with E-state index in [2.05, 4.69) is 99.2 Å². The summed E-state index contributed by atoms with van der Waals surface area (Å²) in [7, 11) is 4.23. The number of hydrogen-bond donors (Lipinski definition) is 0. The summed E-state index contributed by atoms with van der Waals surface area (Å²) in [5.74, 6) is 1.52. The van der Waals surface area contributed by atoms with Crippen LogP contribution in [-0.2, 0) is 6.42 Å². The maximum atomic E-state index is 2.83. The molecule has 2 aromatic rings. The first-order chi connectivity index (χ1) is 20.4. The maximum Gasteiger partial charge on any atom is 0.0438 e. The van der Waals surface area contributed by atoms with E-state index in [4.69, 9.17) is 0 Å². The Bertz CT molecular complexity index is 1070. The first-order valence-electron chi connectivity index (χ1n) is 16.6. The van der Waals surface area contributed by atoms with Gasteiger partial charge in [-0.1, -0.05) is 50.5 Å². The Morgan fingerprint density at radius 1 is 0.762 bits per heavy atom. The van der Waals surface area contributed by atoms with E-state index in [1.54, 1.807) is 0 Å². The zero-order chi connectivity index (χ0) is 29.3. The number of hydrogen-bond acceptors (Lipinski definition) is 7. The minimum atomic E-state index is 0.455. The van der Waals surface area contributed by atoms with Crippen LogP contribution in [0, 0.1) is 11.8 Å². The highest BCUT2D eigenvalue weighted by Crippen LogP contribution is 2.36. The van der Waals surface area contributed by atoms with Gasteiger partial charge in [0.15, 0.2) is 0 Å². The van der Waals surface area contributed by atoms with E-state index in [1.807, 2.05) is 24.1 Å². The summed E-state index contributed by atoms with van der Waals surface area (Å²) in [4.78, 5) is 6.37. The number of benzene rings is 2. The number of nitrogens with zero attached hydrogens (tertiary/aromatic N) is 5. The van der Waals surface area contributed by atoms with Crippen molar-refractivity contribution in [2.75, 3.05) is 71.4 Å². The molecular formula is C35H55N5S2. The van der Waals surface area contributed by atoms with Gasteiger partial charge in [0.2, 0.25) is 0 Å². The molecule has 5 rings (SSSR count). The van der Waals surface area contributed by atoms with Gasteiger partial charge in [-0.15, -0.1) is 0 Å². The van der Waals surface area contributed by atoms with Gasteiger partial charge in [-0.2, -0.15) is 0 Å². The molecule has 2 atom stereocenters. The van der Waals surface area contributed by atoms with Crippen LogP contribution in [0.3, 0.4) is 0 Å². The molecule has 42 heavy (non-hydrogen) atoms. The summed E-state index contributed by atoms with van der Waals surface area (Å²) in [6.45, 7) is 14.3. The Hall–Kier alpha value is -1.22. The predicted molar refractivity (Wildman–Crippen MR) is 184 cm³/mol. The highest BCUT2D eigenvalue weighted by atomic mass is 32.2. The molecule has 1 aliphatic carbocycles. The van der Waals surface area contributed by atoms with Crippen molar-refractivity contribution < 1.29 is 0 Å². The molecule has 2 heterocycles. The fourth-order valence-corrected chi connectivity index (χ4v) is 9.39. The second-order valence-corrected chi connectivity index (χ2v) is 15.5. The van der Waals surface area contributed by atoms with Crippen LogP contribution in [0.25, 0.3) is 0 Å². The number of fused-ring (bicyclic) bond motifs is 1. The van der Waals surface area contributed by atoms with Crippen molar-refractivity contribution in [3.8, 4) is 0 Å². The van der Waals surface area contributed by atoms with Gasteiger partial charge < -0.3 is 9.80 Å². The second kappa shape index (κ2) is 16.2. The van der Waals surface area contributed by atoms with Crippen LogP contribution in [0.5, 0.6) is 0 Å². The average Bonchev–Trinajstić information content (AvgIpc) is 2.98. The van der Waals surface area contributed by atoms with Crippen LogP contribution in [-0.4, -0.2) is 84.3 Å². The van der Waals surface area contributed by atoms with Gasteiger partial charge in [0.1, 0.15) is 0 Å². The molecule has 1 saturated heterocycles. The topological polar surface area (TPSA) is 16.2 Å². The third kappa shape index (κ3) is 9.39. The maximum absolute atomic E-state index is 2.83. The quantitative estimate of drug-likeness (QED) is 0.293. The lowest BCUT2D eigenvalue weighted by Gasteiger charge is -2.39. The van der Waals surface area contributed by atoms with Crippen molar-refractivity contribution in [3.63, 3.8) is 0 Å². The molecule has 2 fully saturated rings. The average molecular weight is 610 g/mol. The summed E-state index contributed by atoms with van der Waals surface area (Å²) >= 11 is 4.00. The second-order valence-electron chi connectivity index (χ2n) is 13.2. The van der Waals surface area contributed by atoms with Gasteiger partial charge in [-0.05, 0) is 111 Å². The van der Waals surface area contributed by atoms with Crippen LogP contribution in [0.15, 0.2) is 53.4 Å². The fourth-order valence-electron chi connectivity index (χ4n) is 7.03. The molecule has 7 heteroatoms. The molecule has 2 unspecified atom stereocenters. The molecule has 2 aromatic carbocycles. The van der Waals surface area contributed by atoms with Crippen molar-refractivity contribution in [2.45, 2.75) is 76.2 Å². The van der Waals surface area contributed by atoms with Crippen molar-refractivity contribution >= 4 is 29.8 Å². The first kappa shape index (κ1) is 32.2. The largest absolute Gasteiger partial charge is 0.378 e. The smallest absolute Gasteiger partial charge is 0.0438 e. The van der Waals surface area contributed by atoms with Crippen LogP contribution < -0.4 is 4.90 Å². The minimum Gasteiger partial charge on any atom is -0.378 e. The molecule has 0 spiro atoms. The van der Waals surface area contributed by atoms with E-state index in [0.29, 0.717) is 12.0 Å². The summed E-state index contributed by atoms with van der Waals surface area (Å²) in [6.07, 6.45) is 10.9. The van der Waals surface area contributed by atoms with Crippen molar-refractivity contribution in [2.24, 2.45) is 11.8 Å². The fraction of sp³-hybridized carbons (Fsp3) is 0.657. The van der Waals surface area contributed by atoms with E-state index < -0.39 is 0 Å². The van der Waals surface area contributed by atoms with Gasteiger partial charge in [-0.25, -0.2) is 12.9 Å².